The molecule has 2 rings (SSSR count). The number of benzene rings is 2. The van der Waals surface area contributed by atoms with Crippen LogP contribution in [0, 0.1) is 7.14 Å². The first-order chi connectivity index (χ1) is 12.6. The van der Waals surface area contributed by atoms with Crippen molar-refractivity contribution in [1.29, 1.82) is 0 Å². The molecule has 0 saturated heterocycles. The molecule has 0 aliphatic carbocycles. The Labute approximate surface area is 174 Å². The third-order valence-electron chi connectivity index (χ3n) is 3.41. The van der Waals surface area contributed by atoms with Gasteiger partial charge in [-0.25, -0.2) is 8.42 Å². The molecule has 154 valence electrons. The van der Waals surface area contributed by atoms with Crippen LogP contribution in [0.3, 0.4) is 0 Å². The topological polar surface area (TPSA) is 74.3 Å². The van der Waals surface area contributed by atoms with Gasteiger partial charge in [0.1, 0.15) is 0 Å². The number of alkyl halides is 3. The van der Waals surface area contributed by atoms with E-state index in [1.807, 2.05) is 6.07 Å². The Morgan fingerprint density at radius 2 is 1.54 bits per heavy atom. The summed E-state index contributed by atoms with van der Waals surface area (Å²) in [6, 6.07) is 17.0. The van der Waals surface area contributed by atoms with Gasteiger partial charge in [0.2, 0.25) is 0 Å². The summed E-state index contributed by atoms with van der Waals surface area (Å²) >= 11 is -0.219. The van der Waals surface area contributed by atoms with Crippen LogP contribution >= 0.6 is 0 Å². The van der Waals surface area contributed by atoms with E-state index in [1.54, 1.807) is 6.92 Å². The lowest BCUT2D eigenvalue weighted by molar-refractivity contribution is -0.596. The lowest BCUT2D eigenvalue weighted by Gasteiger charge is -2.16. The average Bonchev–Trinajstić information content (AvgIpc) is 2.53. The zero-order chi connectivity index (χ0) is 21.8. The van der Waals surface area contributed by atoms with Crippen molar-refractivity contribution >= 4 is 29.2 Å². The molecule has 0 amide bonds. The van der Waals surface area contributed by atoms with Crippen LogP contribution in [0.5, 0.6) is 0 Å². The van der Waals surface area contributed by atoms with Gasteiger partial charge in [-0.15, -0.1) is 0 Å². The lowest BCUT2D eigenvalue weighted by atomic mass is 10.2. The van der Waals surface area contributed by atoms with Crippen LogP contribution in [0.1, 0.15) is 17.3 Å². The van der Waals surface area contributed by atoms with Gasteiger partial charge in [0.15, 0.2) is 23.0 Å². The molecule has 28 heavy (non-hydrogen) atoms. The third kappa shape index (κ3) is 7.64. The van der Waals surface area contributed by atoms with E-state index in [0.717, 1.165) is 5.56 Å². The van der Waals surface area contributed by atoms with Crippen molar-refractivity contribution in [2.24, 2.45) is 0 Å². The summed E-state index contributed by atoms with van der Waals surface area (Å²) in [7, 11) is -7.46. The maximum atomic E-state index is 11.6. The summed E-state index contributed by atoms with van der Waals surface area (Å²) in [6.45, 7) is 8.75. The van der Waals surface area contributed by atoms with Gasteiger partial charge in [-0.3, -0.25) is 4.79 Å². The van der Waals surface area contributed by atoms with E-state index in [1.165, 1.54) is 12.3 Å². The van der Waals surface area contributed by atoms with Crippen LogP contribution < -0.4 is 26.4 Å². The normalized spacial score (nSPS) is 12.1. The second-order valence-corrected chi connectivity index (χ2v) is 16.1. The SMILES string of the molecule is CC(=O)c1ccc([Si](C)(C)C)c([I+]c2ccccc2)c1.O=S(=O)([O-])C(F)(F)F. The molecule has 0 heterocycles. The number of halogens is 4. The fraction of sp³-hybridized carbons (Fsp3) is 0.278. The molecule has 2 aromatic rings. The first kappa shape index (κ1) is 24.8. The maximum Gasteiger partial charge on any atom is 0.485 e. The summed E-state index contributed by atoms with van der Waals surface area (Å²) in [5, 5.41) is 1.50. The van der Waals surface area contributed by atoms with Crippen molar-refractivity contribution in [3.63, 3.8) is 0 Å². The number of ketones is 1. The van der Waals surface area contributed by atoms with Gasteiger partial charge in [-0.1, -0.05) is 50.0 Å². The molecule has 0 aliphatic rings. The predicted molar refractivity (Wildman–Crippen MR) is 99.0 cm³/mol. The van der Waals surface area contributed by atoms with Crippen molar-refractivity contribution in [2.75, 3.05) is 0 Å². The molecule has 0 unspecified atom stereocenters. The summed E-state index contributed by atoms with van der Waals surface area (Å²) in [5.41, 5.74) is -4.80. The van der Waals surface area contributed by atoms with Crippen molar-refractivity contribution in [2.45, 2.75) is 32.1 Å². The number of hydrogen-bond acceptors (Lipinski definition) is 4. The second kappa shape index (κ2) is 9.50. The van der Waals surface area contributed by atoms with E-state index in [-0.39, 0.29) is 27.0 Å². The van der Waals surface area contributed by atoms with Crippen LogP contribution in [-0.2, 0) is 10.1 Å². The monoisotopic (exact) mass is 544 g/mol. The minimum atomic E-state index is -6.09. The quantitative estimate of drug-likeness (QED) is 0.186. The van der Waals surface area contributed by atoms with E-state index < -0.39 is 23.7 Å². The number of rotatable bonds is 4. The Morgan fingerprint density at radius 3 is 1.93 bits per heavy atom. The van der Waals surface area contributed by atoms with Gasteiger partial charge in [-0.05, 0) is 24.2 Å². The molecule has 4 nitrogen and oxygen atoms in total. The molecule has 0 fully saturated rings. The molecule has 2 aromatic carbocycles. The fourth-order valence-electron chi connectivity index (χ4n) is 2.02. The predicted octanol–water partition coefficient (Wildman–Crippen LogP) is 0.614. The Morgan fingerprint density at radius 1 is 1.04 bits per heavy atom. The first-order valence-electron chi connectivity index (χ1n) is 8.00. The molecule has 10 heteroatoms. The largest absolute Gasteiger partial charge is 0.741 e. The highest BCUT2D eigenvalue weighted by atomic mass is 127. The smallest absolute Gasteiger partial charge is 0.485 e. The van der Waals surface area contributed by atoms with Crippen molar-refractivity contribution in [1.82, 2.24) is 0 Å². The van der Waals surface area contributed by atoms with Crippen LogP contribution in [0.4, 0.5) is 13.2 Å². The Bertz CT molecular complexity index is 924. The number of carbonyl (C=O) groups excluding carboxylic acids is 1. The van der Waals surface area contributed by atoms with Crippen LogP contribution in [0.2, 0.25) is 19.6 Å². The molecular formula is C18H20F3IO4SSi. The Kier molecular flexibility index (Phi) is 8.42. The van der Waals surface area contributed by atoms with Gasteiger partial charge >= 0.3 is 26.7 Å². The lowest BCUT2D eigenvalue weighted by Crippen LogP contribution is -3.62. The minimum absolute atomic E-state index is 0.158. The average molecular weight is 544 g/mol. The zero-order valence-electron chi connectivity index (χ0n) is 15.7. The van der Waals surface area contributed by atoms with Gasteiger partial charge < -0.3 is 4.55 Å². The molecule has 0 aromatic heterocycles. The maximum absolute atomic E-state index is 11.6. The molecule has 0 saturated carbocycles. The second-order valence-electron chi connectivity index (χ2n) is 6.79. The molecule has 0 bridgehead atoms. The first-order valence-corrected chi connectivity index (χ1v) is 15.1. The molecular weight excluding hydrogens is 524 g/mol. The molecule has 0 atom stereocenters. The minimum Gasteiger partial charge on any atom is -0.741 e. The van der Waals surface area contributed by atoms with Gasteiger partial charge in [0, 0.05) is 11.6 Å². The van der Waals surface area contributed by atoms with Gasteiger partial charge in [-0.2, -0.15) is 13.2 Å². The van der Waals surface area contributed by atoms with Gasteiger partial charge in [0.05, 0.1) is 8.07 Å². The Hall–Kier alpha value is -1.24. The molecule has 0 radical (unpaired) electrons. The van der Waals surface area contributed by atoms with E-state index in [9.17, 15) is 18.0 Å². The fourth-order valence-corrected chi connectivity index (χ4v) is 8.54. The van der Waals surface area contributed by atoms with Crippen molar-refractivity contribution in [3.8, 4) is 0 Å². The summed E-state index contributed by atoms with van der Waals surface area (Å²) in [5.74, 6) is 0.158. The molecule has 0 N–H and O–H groups in total. The van der Waals surface area contributed by atoms with Gasteiger partial charge in [0.25, 0.3) is 0 Å². The Balaban J connectivity index is 0.000000416. The summed E-state index contributed by atoms with van der Waals surface area (Å²) in [6.07, 6.45) is 0. The molecule has 0 spiro atoms. The standard InChI is InChI=1S/C17H20IOSi.CHF3O3S/c1-13(19)14-10-11-17(20(2,3)4)16(12-14)18-15-8-6-5-7-9-15;2-1(3,4)8(5,6)7/h5-12H,1-4H3;(H,5,6,7)/q+1;/p-1. The van der Waals surface area contributed by atoms with Crippen molar-refractivity contribution < 1.29 is 52.1 Å². The number of hydrogen-bond donors (Lipinski definition) is 0. The van der Waals surface area contributed by atoms with Crippen LogP contribution in [-0.4, -0.2) is 32.3 Å². The number of carbonyl (C=O) groups is 1. The van der Waals surface area contributed by atoms with Crippen LogP contribution in [0.15, 0.2) is 48.5 Å². The highest BCUT2D eigenvalue weighted by Gasteiger charge is 2.37. The van der Waals surface area contributed by atoms with Crippen molar-refractivity contribution in [3.05, 3.63) is 61.2 Å². The van der Waals surface area contributed by atoms with E-state index in [0.29, 0.717) is 0 Å². The highest BCUT2D eigenvalue weighted by Crippen LogP contribution is 2.20. The highest BCUT2D eigenvalue weighted by molar-refractivity contribution is 7.86. The third-order valence-corrected chi connectivity index (χ3v) is 9.35. The van der Waals surface area contributed by atoms with E-state index >= 15 is 0 Å². The summed E-state index contributed by atoms with van der Waals surface area (Å²) < 4.78 is 61.7. The van der Waals surface area contributed by atoms with E-state index in [4.69, 9.17) is 13.0 Å². The number of Topliss-reactive ketones (excluding diaryl/α,β-unsaturated/α-hetero) is 1. The van der Waals surface area contributed by atoms with E-state index in [2.05, 4.69) is 62.1 Å². The van der Waals surface area contributed by atoms with Crippen LogP contribution in [0.25, 0.3) is 0 Å². The zero-order valence-corrected chi connectivity index (χ0v) is 19.6. The summed E-state index contributed by atoms with van der Waals surface area (Å²) in [4.78, 5) is 11.6. The molecule has 0 aliphatic heterocycles.